The highest BCUT2D eigenvalue weighted by atomic mass is 31.1. The molecule has 39 heavy (non-hydrogen) atoms. The Hall–Kier alpha value is 0.654. The smallest absolute Gasteiger partial charge is 0.172 e. The monoisotopic (exact) mass is 610 g/mol. The topological polar surface area (TPSA) is 27.7 Å². The zero-order valence-corrected chi connectivity index (χ0v) is 32.3. The molecule has 0 aromatic carbocycles. The van der Waals surface area contributed by atoms with Crippen LogP contribution in [0.4, 0.5) is 0 Å². The van der Waals surface area contributed by atoms with Crippen LogP contribution in [0.2, 0.25) is 44.8 Å². The maximum atomic E-state index is 7.18. The fraction of sp³-hybridized carbons (Fsp3) is 0.875. The van der Waals surface area contributed by atoms with E-state index in [1.54, 1.807) is 16.3 Å². The van der Waals surface area contributed by atoms with Gasteiger partial charge in [0.15, 0.2) is 11.6 Å². The van der Waals surface area contributed by atoms with Crippen molar-refractivity contribution in [1.29, 1.82) is 0 Å². The van der Waals surface area contributed by atoms with Crippen molar-refractivity contribution in [1.82, 2.24) is 0 Å². The Labute approximate surface area is 247 Å². The molecule has 0 amide bonds. The minimum Gasteiger partial charge on any atom is -0.343 e. The van der Waals surface area contributed by atoms with Crippen molar-refractivity contribution < 1.29 is 14.2 Å². The molecule has 4 fully saturated rings. The standard InChI is InChI=1S/C32H60O3P2Si2/c1-26(2,3)37(27(4,5)6)18-22-17-23(38(11,12)13)25(39(14,15)16)24(22)32(21-36)28(7)19-30(9)34-29(32,8)20-31(10,33-28)35-30/h17,25H,18-21,36H2,1-16H3. The molecular formula is C32H60O3P2Si2. The van der Waals surface area contributed by atoms with Gasteiger partial charge in [-0.05, 0) is 61.4 Å². The number of rotatable bonds is 6. The Balaban J connectivity index is 2.07. The van der Waals surface area contributed by atoms with Gasteiger partial charge in [-0.15, -0.1) is 9.24 Å². The summed E-state index contributed by atoms with van der Waals surface area (Å²) in [4.78, 5) is 0. The molecular weight excluding hydrogens is 550 g/mol. The van der Waals surface area contributed by atoms with Crippen molar-refractivity contribution in [2.45, 2.75) is 160 Å². The Morgan fingerprint density at radius 3 is 1.59 bits per heavy atom. The van der Waals surface area contributed by atoms with Crippen molar-refractivity contribution >= 4 is 33.3 Å². The maximum absolute atomic E-state index is 7.18. The Bertz CT molecular complexity index is 1020. The average Bonchev–Trinajstić information content (AvgIpc) is 3.01. The van der Waals surface area contributed by atoms with Gasteiger partial charge in [-0.2, -0.15) is 0 Å². The summed E-state index contributed by atoms with van der Waals surface area (Å²) in [6.07, 6.45) is 6.41. The van der Waals surface area contributed by atoms with Crippen molar-refractivity contribution in [2.75, 3.05) is 12.3 Å². The molecule has 7 heteroatoms. The zero-order valence-electron chi connectivity index (χ0n) is 28.2. The first kappa shape index (κ1) is 32.6. The van der Waals surface area contributed by atoms with Crippen LogP contribution in [-0.2, 0) is 14.2 Å². The average molecular weight is 611 g/mol. The molecule has 0 N–H and O–H groups in total. The van der Waals surface area contributed by atoms with Gasteiger partial charge < -0.3 is 14.2 Å². The molecule has 224 valence electrons. The van der Waals surface area contributed by atoms with Crippen LogP contribution in [-0.4, -0.2) is 61.6 Å². The maximum Gasteiger partial charge on any atom is 0.172 e. The molecule has 1 aliphatic carbocycles. The molecule has 4 heterocycles. The highest BCUT2D eigenvalue weighted by Crippen LogP contribution is 2.74. The van der Waals surface area contributed by atoms with Crippen molar-refractivity contribution in [3.05, 3.63) is 22.4 Å². The summed E-state index contributed by atoms with van der Waals surface area (Å²) in [5.74, 6) is -1.21. The molecule has 6 atom stereocenters. The summed E-state index contributed by atoms with van der Waals surface area (Å²) in [5, 5.41) is 2.31. The number of allylic oxidation sites excluding steroid dienone is 3. The van der Waals surface area contributed by atoms with Crippen molar-refractivity contribution in [3.8, 4) is 0 Å². The first-order valence-electron chi connectivity index (χ1n) is 15.2. The third-order valence-electron chi connectivity index (χ3n) is 10.2. The van der Waals surface area contributed by atoms with Gasteiger partial charge in [0.25, 0.3) is 0 Å². The Morgan fingerprint density at radius 1 is 0.821 bits per heavy atom. The summed E-state index contributed by atoms with van der Waals surface area (Å²) < 4.78 is 20.9. The molecule has 4 aliphatic heterocycles. The zero-order chi connectivity index (χ0) is 30.0. The predicted molar refractivity (Wildman–Crippen MR) is 180 cm³/mol. The van der Waals surface area contributed by atoms with E-state index < -0.39 is 27.7 Å². The largest absolute Gasteiger partial charge is 0.343 e. The van der Waals surface area contributed by atoms with Gasteiger partial charge in [0.2, 0.25) is 0 Å². The predicted octanol–water partition coefficient (Wildman–Crippen LogP) is 9.57. The fourth-order valence-corrected chi connectivity index (χ4v) is 20.8. The first-order chi connectivity index (χ1) is 17.2. The lowest BCUT2D eigenvalue weighted by molar-refractivity contribution is -0.538. The molecule has 3 nitrogen and oxygen atoms in total. The van der Waals surface area contributed by atoms with E-state index >= 15 is 0 Å². The van der Waals surface area contributed by atoms with Crippen LogP contribution >= 0.6 is 17.2 Å². The van der Waals surface area contributed by atoms with Gasteiger partial charge >= 0.3 is 0 Å². The molecule has 6 unspecified atom stereocenters. The molecule has 5 rings (SSSR count). The summed E-state index contributed by atoms with van der Waals surface area (Å²) in [6.45, 7) is 39.5. The van der Waals surface area contributed by atoms with Crippen molar-refractivity contribution in [3.63, 3.8) is 0 Å². The molecule has 0 radical (unpaired) electrons. The minimum absolute atomic E-state index is 0.234. The minimum atomic E-state index is -1.68. The van der Waals surface area contributed by atoms with E-state index in [0.717, 1.165) is 19.0 Å². The van der Waals surface area contributed by atoms with Crippen LogP contribution in [0.5, 0.6) is 0 Å². The van der Waals surface area contributed by atoms with Gasteiger partial charge in [0.05, 0.1) is 32.8 Å². The Morgan fingerprint density at radius 2 is 1.26 bits per heavy atom. The number of hydrogen-bond donors (Lipinski definition) is 0. The quantitative estimate of drug-likeness (QED) is 0.221. The Kier molecular flexibility index (Phi) is 7.59. The van der Waals surface area contributed by atoms with Gasteiger partial charge in [0, 0.05) is 12.8 Å². The molecule has 4 saturated heterocycles. The highest BCUT2D eigenvalue weighted by Gasteiger charge is 2.79. The second-order valence-electron chi connectivity index (χ2n) is 18.0. The van der Waals surface area contributed by atoms with E-state index in [2.05, 4.69) is 124 Å². The summed E-state index contributed by atoms with van der Waals surface area (Å²) in [7, 11) is -0.374. The lowest BCUT2D eigenvalue weighted by atomic mass is 9.51. The van der Waals surface area contributed by atoms with Crippen LogP contribution in [0, 0.1) is 5.41 Å². The second kappa shape index (κ2) is 9.09. The molecule has 4 bridgehead atoms. The van der Waals surface area contributed by atoms with Crippen LogP contribution in [0.15, 0.2) is 22.4 Å². The highest BCUT2D eigenvalue weighted by molar-refractivity contribution is 7.61. The van der Waals surface area contributed by atoms with Gasteiger partial charge in [-0.3, -0.25) is 0 Å². The number of ether oxygens (including phenoxy) is 3. The molecule has 0 aromatic rings. The summed E-state index contributed by atoms with van der Waals surface area (Å²) in [5.41, 5.74) is 2.89. The fourth-order valence-electron chi connectivity index (χ4n) is 9.58. The molecule has 0 aromatic heterocycles. The van der Waals surface area contributed by atoms with E-state index in [9.17, 15) is 0 Å². The van der Waals surface area contributed by atoms with Crippen LogP contribution in [0.1, 0.15) is 82.1 Å². The normalized spacial score (nSPS) is 41.2. The third-order valence-corrected chi connectivity index (χ3v) is 19.5. The first-order valence-corrected chi connectivity index (χ1v) is 24.6. The van der Waals surface area contributed by atoms with Crippen LogP contribution in [0.25, 0.3) is 0 Å². The van der Waals surface area contributed by atoms with E-state index in [0.29, 0.717) is 5.54 Å². The SMILES string of the molecule is CC12CC3(C)OC(C)(CC(C)(O1)C3(CP)C1=C(CP(C(C)(C)C)C(C)(C)C)C=C([Si](C)(C)C)C1[Si](C)(C)C)O2. The lowest BCUT2D eigenvalue weighted by Gasteiger charge is -2.75. The third kappa shape index (κ3) is 5.03. The van der Waals surface area contributed by atoms with E-state index in [4.69, 9.17) is 14.2 Å². The van der Waals surface area contributed by atoms with E-state index in [1.165, 1.54) is 6.16 Å². The van der Waals surface area contributed by atoms with E-state index in [1.807, 2.05) is 0 Å². The summed E-state index contributed by atoms with van der Waals surface area (Å²) in [6, 6.07) is 0. The lowest BCUT2D eigenvalue weighted by Crippen LogP contribution is -2.83. The van der Waals surface area contributed by atoms with Crippen LogP contribution < -0.4 is 0 Å². The number of hydrogen-bond acceptors (Lipinski definition) is 3. The molecule has 5 aliphatic rings. The van der Waals surface area contributed by atoms with Gasteiger partial charge in [-0.1, -0.05) is 106 Å². The van der Waals surface area contributed by atoms with Gasteiger partial charge in [-0.25, -0.2) is 0 Å². The van der Waals surface area contributed by atoms with Crippen molar-refractivity contribution in [2.24, 2.45) is 5.41 Å². The van der Waals surface area contributed by atoms with Crippen LogP contribution in [0.3, 0.4) is 0 Å². The van der Waals surface area contributed by atoms with E-state index in [-0.39, 0.29) is 34.9 Å². The van der Waals surface area contributed by atoms with Gasteiger partial charge in [0.1, 0.15) is 0 Å². The second-order valence-corrected chi connectivity index (χ2v) is 32.7. The summed E-state index contributed by atoms with van der Waals surface area (Å²) >= 11 is 0. The molecule has 0 spiro atoms. The molecule has 0 saturated carbocycles.